The van der Waals surface area contributed by atoms with E-state index in [4.69, 9.17) is 0 Å². The molecule has 3 nitrogen and oxygen atoms in total. The molecule has 0 bridgehead atoms. The first-order chi connectivity index (χ1) is 10.9. The van der Waals surface area contributed by atoms with Gasteiger partial charge in [-0.1, -0.05) is 48.9 Å². The number of para-hydroxylation sites is 1. The van der Waals surface area contributed by atoms with Crippen LogP contribution in [0.1, 0.15) is 30.4 Å². The Balaban J connectivity index is 1.44. The molecule has 2 aromatic carbocycles. The molecule has 0 spiro atoms. The predicted molar refractivity (Wildman–Crippen MR) is 92.5 cm³/mol. The number of hydrazine groups is 1. The maximum absolute atomic E-state index is 3.26. The van der Waals surface area contributed by atoms with Gasteiger partial charge in [0, 0.05) is 18.8 Å². The molecule has 0 amide bonds. The first kappa shape index (κ1) is 15.1. The first-order valence-electron chi connectivity index (χ1n) is 8.24. The third kappa shape index (κ3) is 4.58. The summed E-state index contributed by atoms with van der Waals surface area (Å²) in [6, 6.07) is 19.1. The molecule has 2 aromatic rings. The van der Waals surface area contributed by atoms with Gasteiger partial charge in [-0.15, -0.1) is 0 Å². The molecule has 3 heteroatoms. The van der Waals surface area contributed by atoms with E-state index in [1.165, 1.54) is 43.5 Å². The fourth-order valence-electron chi connectivity index (χ4n) is 2.91. The zero-order chi connectivity index (χ0) is 15.0. The maximum atomic E-state index is 3.26. The smallest absolute Gasteiger partial charge is 0.0487 e. The summed E-state index contributed by atoms with van der Waals surface area (Å²) in [5, 5.41) is 0. The second kappa shape index (κ2) is 7.97. The lowest BCUT2D eigenvalue weighted by Gasteiger charge is -2.26. The van der Waals surface area contributed by atoms with Crippen LogP contribution in [0.25, 0.3) is 0 Å². The van der Waals surface area contributed by atoms with Crippen molar-refractivity contribution in [2.45, 2.75) is 32.4 Å². The summed E-state index contributed by atoms with van der Waals surface area (Å²) in [6.45, 7) is 4.42. The number of piperidine rings is 1. The molecule has 1 fully saturated rings. The monoisotopic (exact) mass is 295 g/mol. The van der Waals surface area contributed by atoms with Gasteiger partial charge in [-0.05, 0) is 49.2 Å². The summed E-state index contributed by atoms with van der Waals surface area (Å²) >= 11 is 0. The third-order valence-electron chi connectivity index (χ3n) is 4.18. The van der Waals surface area contributed by atoms with E-state index in [1.54, 1.807) is 0 Å². The maximum Gasteiger partial charge on any atom is 0.0487 e. The van der Waals surface area contributed by atoms with E-state index in [9.17, 15) is 0 Å². The molecular weight excluding hydrogens is 270 g/mol. The van der Waals surface area contributed by atoms with Crippen molar-refractivity contribution in [3.05, 3.63) is 65.7 Å². The molecule has 0 aliphatic carbocycles. The Morgan fingerprint density at radius 1 is 0.773 bits per heavy atom. The highest BCUT2D eigenvalue weighted by molar-refractivity contribution is 5.41. The Labute approximate surface area is 133 Å². The van der Waals surface area contributed by atoms with Gasteiger partial charge in [0.1, 0.15) is 0 Å². The zero-order valence-corrected chi connectivity index (χ0v) is 13.1. The SMILES string of the molecule is c1ccc(NNCc2ccc(CN3CCCCC3)cc2)cc1. The highest BCUT2D eigenvalue weighted by atomic mass is 15.3. The number of likely N-dealkylation sites (tertiary alicyclic amines) is 1. The lowest BCUT2D eigenvalue weighted by atomic mass is 10.1. The third-order valence-corrected chi connectivity index (χ3v) is 4.18. The van der Waals surface area contributed by atoms with E-state index in [0.717, 1.165) is 18.8 Å². The number of hydrogen-bond acceptors (Lipinski definition) is 3. The molecule has 0 radical (unpaired) electrons. The van der Waals surface area contributed by atoms with Crippen LogP contribution in [-0.2, 0) is 13.1 Å². The normalized spacial score (nSPS) is 15.6. The average molecular weight is 295 g/mol. The second-order valence-corrected chi connectivity index (χ2v) is 6.00. The van der Waals surface area contributed by atoms with Crippen LogP contribution in [0.2, 0.25) is 0 Å². The summed E-state index contributed by atoms with van der Waals surface area (Å²) in [7, 11) is 0. The summed E-state index contributed by atoms with van der Waals surface area (Å²) < 4.78 is 0. The van der Waals surface area contributed by atoms with Gasteiger partial charge < -0.3 is 5.43 Å². The number of hydrogen-bond donors (Lipinski definition) is 2. The van der Waals surface area contributed by atoms with Crippen molar-refractivity contribution in [1.29, 1.82) is 0 Å². The minimum absolute atomic E-state index is 0.818. The van der Waals surface area contributed by atoms with Gasteiger partial charge in [0.05, 0.1) is 0 Å². The van der Waals surface area contributed by atoms with Crippen LogP contribution in [0, 0.1) is 0 Å². The Hall–Kier alpha value is -1.84. The molecule has 2 N–H and O–H groups in total. The van der Waals surface area contributed by atoms with Crippen molar-refractivity contribution in [2.75, 3.05) is 18.5 Å². The van der Waals surface area contributed by atoms with E-state index in [-0.39, 0.29) is 0 Å². The minimum Gasteiger partial charge on any atom is -0.321 e. The van der Waals surface area contributed by atoms with Gasteiger partial charge in [0.15, 0.2) is 0 Å². The quantitative estimate of drug-likeness (QED) is 0.794. The second-order valence-electron chi connectivity index (χ2n) is 6.00. The van der Waals surface area contributed by atoms with Crippen molar-refractivity contribution in [2.24, 2.45) is 0 Å². The fourth-order valence-corrected chi connectivity index (χ4v) is 2.91. The van der Waals surface area contributed by atoms with Crippen molar-refractivity contribution < 1.29 is 0 Å². The largest absolute Gasteiger partial charge is 0.321 e. The predicted octanol–water partition coefficient (Wildman–Crippen LogP) is 3.79. The van der Waals surface area contributed by atoms with E-state index in [1.807, 2.05) is 18.2 Å². The number of rotatable bonds is 6. The molecule has 0 unspecified atom stereocenters. The zero-order valence-electron chi connectivity index (χ0n) is 13.1. The molecule has 1 heterocycles. The van der Waals surface area contributed by atoms with Crippen molar-refractivity contribution in [1.82, 2.24) is 10.3 Å². The fraction of sp³-hybridized carbons (Fsp3) is 0.368. The molecule has 0 atom stereocenters. The van der Waals surface area contributed by atoms with Gasteiger partial charge in [0.2, 0.25) is 0 Å². The Kier molecular flexibility index (Phi) is 5.46. The van der Waals surface area contributed by atoms with Crippen LogP contribution in [0.4, 0.5) is 5.69 Å². The van der Waals surface area contributed by atoms with E-state index >= 15 is 0 Å². The van der Waals surface area contributed by atoms with Crippen LogP contribution >= 0.6 is 0 Å². The summed E-state index contributed by atoms with van der Waals surface area (Å²) in [6.07, 6.45) is 4.11. The topological polar surface area (TPSA) is 27.3 Å². The molecule has 1 aliphatic rings. The van der Waals surface area contributed by atoms with Crippen molar-refractivity contribution >= 4 is 5.69 Å². The first-order valence-corrected chi connectivity index (χ1v) is 8.24. The van der Waals surface area contributed by atoms with Crippen molar-refractivity contribution in [3.8, 4) is 0 Å². The van der Waals surface area contributed by atoms with Crippen LogP contribution in [0.5, 0.6) is 0 Å². The van der Waals surface area contributed by atoms with Gasteiger partial charge in [-0.2, -0.15) is 0 Å². The van der Waals surface area contributed by atoms with Gasteiger partial charge in [-0.25, -0.2) is 5.43 Å². The Morgan fingerprint density at radius 2 is 1.45 bits per heavy atom. The minimum atomic E-state index is 0.818. The van der Waals surface area contributed by atoms with Gasteiger partial charge in [0.25, 0.3) is 0 Å². The summed E-state index contributed by atoms with van der Waals surface area (Å²) in [5.41, 5.74) is 10.3. The van der Waals surface area contributed by atoms with Crippen LogP contribution in [-0.4, -0.2) is 18.0 Å². The lowest BCUT2D eigenvalue weighted by molar-refractivity contribution is 0.221. The van der Waals surface area contributed by atoms with Crippen molar-refractivity contribution in [3.63, 3.8) is 0 Å². The Morgan fingerprint density at radius 3 is 2.18 bits per heavy atom. The van der Waals surface area contributed by atoms with Crippen LogP contribution in [0.15, 0.2) is 54.6 Å². The highest BCUT2D eigenvalue weighted by Crippen LogP contribution is 2.13. The van der Waals surface area contributed by atoms with E-state index in [0.29, 0.717) is 0 Å². The summed E-state index contributed by atoms with van der Waals surface area (Å²) in [5.74, 6) is 0. The number of nitrogens with zero attached hydrogens (tertiary/aromatic N) is 1. The average Bonchev–Trinajstić information content (AvgIpc) is 2.58. The van der Waals surface area contributed by atoms with Gasteiger partial charge in [-0.3, -0.25) is 4.90 Å². The molecule has 0 saturated carbocycles. The molecule has 1 saturated heterocycles. The van der Waals surface area contributed by atoms with Crippen LogP contribution in [0.3, 0.4) is 0 Å². The standard InChI is InChI=1S/C19H25N3/c1-3-7-19(8-4-1)21-20-15-17-9-11-18(12-10-17)16-22-13-5-2-6-14-22/h1,3-4,7-12,20-21H,2,5-6,13-16H2. The van der Waals surface area contributed by atoms with E-state index in [2.05, 4.69) is 52.1 Å². The highest BCUT2D eigenvalue weighted by Gasteiger charge is 2.09. The molecule has 3 rings (SSSR count). The molecule has 116 valence electrons. The molecule has 22 heavy (non-hydrogen) atoms. The number of nitrogens with one attached hydrogen (secondary N) is 2. The van der Waals surface area contributed by atoms with E-state index < -0.39 is 0 Å². The van der Waals surface area contributed by atoms with Crippen LogP contribution < -0.4 is 10.9 Å². The lowest BCUT2D eigenvalue weighted by Crippen LogP contribution is -2.29. The van der Waals surface area contributed by atoms with Gasteiger partial charge >= 0.3 is 0 Å². The molecule has 1 aliphatic heterocycles. The number of benzene rings is 2. The Bertz CT molecular complexity index is 545. The molecular formula is C19H25N3. The number of anilines is 1. The summed E-state index contributed by atoms with van der Waals surface area (Å²) in [4.78, 5) is 2.56. The molecule has 0 aromatic heterocycles.